The third-order valence-corrected chi connectivity index (χ3v) is 1.23. The lowest BCUT2D eigenvalue weighted by Gasteiger charge is -1.91. The summed E-state index contributed by atoms with van der Waals surface area (Å²) >= 11 is 0. The van der Waals surface area contributed by atoms with Gasteiger partial charge in [-0.15, -0.1) is 0 Å². The summed E-state index contributed by atoms with van der Waals surface area (Å²) < 4.78 is 0. The average molecular weight is 213 g/mol. The fourth-order valence-corrected chi connectivity index (χ4v) is 0.619. The molecular weight excluding hydrogens is 202 g/mol. The number of carboxylic acids is 2. The van der Waals surface area contributed by atoms with E-state index in [4.69, 9.17) is 10.2 Å². The number of benzene rings is 1. The molecule has 82 valence electrons. The number of quaternary nitrogens is 1. The molecule has 1 aromatic rings. The van der Waals surface area contributed by atoms with Gasteiger partial charge in [0.2, 0.25) is 0 Å². The number of carbonyl (C=O) groups is 2. The van der Waals surface area contributed by atoms with Crippen molar-refractivity contribution in [3.8, 4) is 5.75 Å². The molecule has 0 unspecified atom stereocenters. The van der Waals surface area contributed by atoms with E-state index >= 15 is 0 Å². The highest BCUT2D eigenvalue weighted by molar-refractivity contribution is 5.87. The summed E-state index contributed by atoms with van der Waals surface area (Å²) in [7, 11) is 0. The normalized spacial score (nSPS) is 8.60. The van der Waals surface area contributed by atoms with Crippen LogP contribution in [0.2, 0.25) is 0 Å². The number of rotatable bonds is 2. The highest BCUT2D eigenvalue weighted by Crippen LogP contribution is 2.08. The quantitative estimate of drug-likeness (QED) is 0.514. The van der Waals surface area contributed by atoms with Gasteiger partial charge in [0.05, 0.1) is 12.4 Å². The van der Waals surface area contributed by atoms with Crippen LogP contribution >= 0.6 is 0 Å². The third-order valence-electron chi connectivity index (χ3n) is 1.23. The van der Waals surface area contributed by atoms with Crippen molar-refractivity contribution in [1.82, 2.24) is 0 Å². The standard InChI is InChI=1S/C6H7NO.C3H4O4/c7-5-1-3-6(8)4-2-5;4-2(5)1-3(6)7/h1-4,8H,7H2;1H2,(H,4,5)(H,6,7). The van der Waals surface area contributed by atoms with Gasteiger partial charge in [-0.05, 0) is 12.1 Å². The van der Waals surface area contributed by atoms with Crippen molar-refractivity contribution < 1.29 is 30.6 Å². The molecule has 0 aliphatic carbocycles. The molecule has 0 aliphatic rings. The lowest BCUT2D eigenvalue weighted by Crippen LogP contribution is -2.39. The largest absolute Gasteiger partial charge is 0.550 e. The molecule has 6 heteroatoms. The Morgan fingerprint density at radius 2 is 1.73 bits per heavy atom. The third kappa shape index (κ3) is 8.26. The van der Waals surface area contributed by atoms with Gasteiger partial charge >= 0.3 is 5.97 Å². The molecule has 1 aromatic carbocycles. The molecule has 6 nitrogen and oxygen atoms in total. The van der Waals surface area contributed by atoms with E-state index in [-0.39, 0.29) is 5.75 Å². The Bertz CT molecular complexity index is 300. The molecule has 0 aromatic heterocycles. The Morgan fingerprint density at radius 1 is 1.27 bits per heavy atom. The van der Waals surface area contributed by atoms with Gasteiger partial charge in [-0.2, -0.15) is 0 Å². The number of phenolic OH excluding ortho intramolecular Hbond substituents is 1. The summed E-state index contributed by atoms with van der Waals surface area (Å²) in [6.07, 6.45) is -0.917. The van der Waals surface area contributed by atoms with Gasteiger partial charge in [-0.25, -0.2) is 0 Å². The topological polar surface area (TPSA) is 125 Å². The molecule has 0 radical (unpaired) electrons. The lowest BCUT2D eigenvalue weighted by molar-refractivity contribution is -0.305. The van der Waals surface area contributed by atoms with E-state index in [1.807, 2.05) is 0 Å². The van der Waals surface area contributed by atoms with Crippen molar-refractivity contribution in [2.24, 2.45) is 0 Å². The van der Waals surface area contributed by atoms with Crippen LogP contribution in [0.15, 0.2) is 24.3 Å². The zero-order chi connectivity index (χ0) is 11.8. The fraction of sp³-hybridized carbons (Fsp3) is 0.111. The first-order valence-electron chi connectivity index (χ1n) is 3.94. The average Bonchev–Trinajstić information content (AvgIpc) is 2.09. The fourth-order valence-electron chi connectivity index (χ4n) is 0.619. The van der Waals surface area contributed by atoms with Gasteiger partial charge in [-0.3, -0.25) is 4.79 Å². The summed E-state index contributed by atoms with van der Waals surface area (Å²) in [4.78, 5) is 18.7. The Morgan fingerprint density at radius 3 is 1.93 bits per heavy atom. The maximum Gasteiger partial charge on any atom is 0.309 e. The minimum atomic E-state index is -1.56. The van der Waals surface area contributed by atoms with Crippen molar-refractivity contribution in [2.45, 2.75) is 6.42 Å². The molecule has 0 heterocycles. The Kier molecular flexibility index (Phi) is 5.50. The molecule has 0 fully saturated rings. The van der Waals surface area contributed by atoms with Crippen LogP contribution in [0, 0.1) is 0 Å². The van der Waals surface area contributed by atoms with Gasteiger partial charge in [0.1, 0.15) is 11.4 Å². The van der Waals surface area contributed by atoms with Crippen LogP contribution in [-0.2, 0) is 9.59 Å². The van der Waals surface area contributed by atoms with Crippen LogP contribution in [-0.4, -0.2) is 22.2 Å². The molecule has 0 saturated carbocycles. The SMILES string of the molecule is O=C([O-])CC(=O)O.[NH3+]c1ccc(O)cc1. The predicted molar refractivity (Wildman–Crippen MR) is 47.9 cm³/mol. The monoisotopic (exact) mass is 213 g/mol. The van der Waals surface area contributed by atoms with E-state index in [1.165, 1.54) is 0 Å². The number of hydrogen-bond acceptors (Lipinski definition) is 4. The highest BCUT2D eigenvalue weighted by Gasteiger charge is 1.92. The molecule has 0 spiro atoms. The lowest BCUT2D eigenvalue weighted by atomic mass is 10.3. The van der Waals surface area contributed by atoms with Crippen molar-refractivity contribution >= 4 is 17.6 Å². The van der Waals surface area contributed by atoms with Crippen molar-refractivity contribution in [1.29, 1.82) is 0 Å². The molecule has 5 N–H and O–H groups in total. The molecule has 1 rings (SSSR count). The number of aliphatic carboxylic acids is 2. The molecule has 0 atom stereocenters. The molecule has 0 bridgehead atoms. The highest BCUT2D eigenvalue weighted by atomic mass is 16.4. The van der Waals surface area contributed by atoms with E-state index in [1.54, 1.807) is 24.3 Å². The second kappa shape index (κ2) is 6.39. The van der Waals surface area contributed by atoms with Gasteiger partial charge < -0.3 is 25.8 Å². The first-order valence-corrected chi connectivity index (χ1v) is 3.94. The van der Waals surface area contributed by atoms with E-state index in [0.29, 0.717) is 0 Å². The number of carboxylic acid groups (broad SMARTS) is 2. The summed E-state index contributed by atoms with van der Waals surface area (Å²) in [6.45, 7) is 0. The number of carbonyl (C=O) groups excluding carboxylic acids is 1. The zero-order valence-corrected chi connectivity index (χ0v) is 7.84. The van der Waals surface area contributed by atoms with Gasteiger partial charge in [-0.1, -0.05) is 0 Å². The minimum Gasteiger partial charge on any atom is -0.550 e. The number of phenols is 1. The van der Waals surface area contributed by atoms with Crippen LogP contribution in [0.4, 0.5) is 5.69 Å². The van der Waals surface area contributed by atoms with Gasteiger partial charge in [0.25, 0.3) is 0 Å². The van der Waals surface area contributed by atoms with Crippen LogP contribution < -0.4 is 10.8 Å². The maximum atomic E-state index is 9.39. The van der Waals surface area contributed by atoms with Crippen LogP contribution in [0.5, 0.6) is 5.75 Å². The first-order chi connectivity index (χ1) is 6.91. The van der Waals surface area contributed by atoms with E-state index < -0.39 is 18.4 Å². The summed E-state index contributed by atoms with van der Waals surface area (Å²) in [6, 6.07) is 6.75. The Labute approximate surface area is 85.6 Å². The first kappa shape index (κ1) is 12.9. The Balaban J connectivity index is 0.000000265. The predicted octanol–water partition coefficient (Wildman–Crippen LogP) is -1.52. The maximum absolute atomic E-state index is 9.39. The van der Waals surface area contributed by atoms with Crippen LogP contribution in [0.25, 0.3) is 0 Å². The van der Waals surface area contributed by atoms with Crippen LogP contribution in [0.1, 0.15) is 6.42 Å². The summed E-state index contributed by atoms with van der Waals surface area (Å²) in [5, 5.41) is 25.7. The van der Waals surface area contributed by atoms with E-state index in [2.05, 4.69) is 5.73 Å². The number of hydrogen-bond donors (Lipinski definition) is 3. The van der Waals surface area contributed by atoms with Gasteiger partial charge in [0, 0.05) is 12.1 Å². The smallest absolute Gasteiger partial charge is 0.309 e. The summed E-state index contributed by atoms with van der Waals surface area (Å²) in [5.41, 5.74) is 4.57. The molecule has 0 aliphatic heterocycles. The minimum absolute atomic E-state index is 0.289. The van der Waals surface area contributed by atoms with E-state index in [0.717, 1.165) is 5.69 Å². The second-order valence-electron chi connectivity index (χ2n) is 2.61. The molecule has 0 saturated heterocycles. The second-order valence-corrected chi connectivity index (χ2v) is 2.61. The van der Waals surface area contributed by atoms with Crippen molar-refractivity contribution in [2.75, 3.05) is 0 Å². The van der Waals surface area contributed by atoms with Crippen molar-refractivity contribution in [3.05, 3.63) is 24.3 Å². The van der Waals surface area contributed by atoms with Crippen molar-refractivity contribution in [3.63, 3.8) is 0 Å². The van der Waals surface area contributed by atoms with Crippen LogP contribution in [0.3, 0.4) is 0 Å². The summed E-state index contributed by atoms with van der Waals surface area (Å²) in [5.74, 6) is -2.65. The van der Waals surface area contributed by atoms with E-state index in [9.17, 15) is 14.7 Å². The molecule has 15 heavy (non-hydrogen) atoms. The number of aromatic hydroxyl groups is 1. The molecule has 0 amide bonds. The Hall–Kier alpha value is -2.08. The molecular formula is C9H11NO5. The van der Waals surface area contributed by atoms with Gasteiger partial charge in [0.15, 0.2) is 0 Å². The zero-order valence-electron chi connectivity index (χ0n) is 7.84.